The lowest BCUT2D eigenvalue weighted by Crippen LogP contribution is -2.42. The zero-order valence-electron chi connectivity index (χ0n) is 7.71. The Hall–Kier alpha value is -1.11. The molecular formula is C8H10F3NO3. The van der Waals surface area contributed by atoms with Crippen LogP contribution in [0.4, 0.5) is 13.2 Å². The minimum absolute atomic E-state index is 0.0683. The van der Waals surface area contributed by atoms with Crippen LogP contribution in [-0.4, -0.2) is 31.2 Å². The van der Waals surface area contributed by atoms with Crippen LogP contribution in [0.25, 0.3) is 0 Å². The lowest BCUT2D eigenvalue weighted by atomic mass is 9.79. The second-order valence-corrected chi connectivity index (χ2v) is 3.32. The van der Waals surface area contributed by atoms with Gasteiger partial charge < -0.3 is 5.32 Å². The van der Waals surface area contributed by atoms with Crippen LogP contribution in [0.3, 0.4) is 0 Å². The largest absolute Gasteiger partial charge is 0.522 e. The van der Waals surface area contributed by atoms with Gasteiger partial charge in [-0.3, -0.25) is 14.3 Å². The van der Waals surface area contributed by atoms with Crippen molar-refractivity contribution < 1.29 is 27.5 Å². The quantitative estimate of drug-likeness (QED) is 0.698. The van der Waals surface area contributed by atoms with Crippen LogP contribution >= 0.6 is 0 Å². The summed E-state index contributed by atoms with van der Waals surface area (Å²) >= 11 is 0. The summed E-state index contributed by atoms with van der Waals surface area (Å²) in [5.41, 5.74) is 0. The predicted molar refractivity (Wildman–Crippen MR) is 42.7 cm³/mol. The van der Waals surface area contributed by atoms with E-state index in [0.29, 0.717) is 6.41 Å². The van der Waals surface area contributed by atoms with Crippen molar-refractivity contribution in [2.75, 3.05) is 6.54 Å². The smallest absolute Gasteiger partial charge is 0.352 e. The lowest BCUT2D eigenvalue weighted by Gasteiger charge is -2.34. The number of nitrogens with one attached hydrogen (secondary N) is 1. The molecule has 7 heteroatoms. The Bertz CT molecular complexity index is 248. The van der Waals surface area contributed by atoms with Gasteiger partial charge >= 0.3 is 6.36 Å². The summed E-state index contributed by atoms with van der Waals surface area (Å²) in [6, 6.07) is 0. The first kappa shape index (κ1) is 12.0. The number of ketones is 1. The molecule has 1 aliphatic carbocycles. The number of carbonyl (C=O) groups excluding carboxylic acids is 2. The molecule has 15 heavy (non-hydrogen) atoms. The SMILES string of the molecule is O=CNCC(=O)C1CC(OC(F)(F)F)C1. The highest BCUT2D eigenvalue weighted by atomic mass is 19.4. The maximum atomic E-state index is 11.7. The second kappa shape index (κ2) is 4.61. The van der Waals surface area contributed by atoms with Crippen LogP contribution in [0, 0.1) is 5.92 Å². The third-order valence-electron chi connectivity index (χ3n) is 2.21. The average molecular weight is 225 g/mol. The molecule has 0 unspecified atom stereocenters. The lowest BCUT2D eigenvalue weighted by molar-refractivity contribution is -0.353. The number of carbonyl (C=O) groups is 2. The van der Waals surface area contributed by atoms with Crippen molar-refractivity contribution in [1.29, 1.82) is 0 Å². The Morgan fingerprint density at radius 1 is 1.47 bits per heavy atom. The average Bonchev–Trinajstić information content (AvgIpc) is 2.05. The minimum atomic E-state index is -4.64. The first-order valence-electron chi connectivity index (χ1n) is 4.36. The number of hydrogen-bond donors (Lipinski definition) is 1. The maximum Gasteiger partial charge on any atom is 0.522 e. The van der Waals surface area contributed by atoms with Gasteiger partial charge in [-0.1, -0.05) is 0 Å². The number of alkyl halides is 3. The van der Waals surface area contributed by atoms with Gasteiger partial charge in [0.05, 0.1) is 12.6 Å². The van der Waals surface area contributed by atoms with Crippen molar-refractivity contribution in [3.8, 4) is 0 Å². The number of Topliss-reactive ketones (excluding diaryl/α,β-unsaturated/α-hetero) is 1. The molecule has 1 rings (SSSR count). The van der Waals surface area contributed by atoms with Gasteiger partial charge in [0.25, 0.3) is 0 Å². The van der Waals surface area contributed by atoms with E-state index >= 15 is 0 Å². The topological polar surface area (TPSA) is 55.4 Å². The molecule has 0 saturated heterocycles. The molecular weight excluding hydrogens is 215 g/mol. The van der Waals surface area contributed by atoms with Gasteiger partial charge in [-0.25, -0.2) is 0 Å². The van der Waals surface area contributed by atoms with Crippen LogP contribution in [-0.2, 0) is 14.3 Å². The fourth-order valence-electron chi connectivity index (χ4n) is 1.40. The summed E-state index contributed by atoms with van der Waals surface area (Å²) in [6.45, 7) is -0.132. The van der Waals surface area contributed by atoms with Gasteiger partial charge in [0.2, 0.25) is 6.41 Å². The Morgan fingerprint density at radius 2 is 2.07 bits per heavy atom. The molecule has 0 atom stereocenters. The highest BCUT2D eigenvalue weighted by molar-refractivity contribution is 5.85. The highest BCUT2D eigenvalue weighted by Crippen LogP contribution is 2.34. The van der Waals surface area contributed by atoms with Crippen molar-refractivity contribution in [3.63, 3.8) is 0 Å². The van der Waals surface area contributed by atoms with Gasteiger partial charge in [0.1, 0.15) is 0 Å². The standard InChI is InChI=1S/C8H10F3NO3/c9-8(10,11)15-6-1-5(2-6)7(14)3-12-4-13/h4-6H,1-3H2,(H,12,13). The normalized spacial score (nSPS) is 25.5. The summed E-state index contributed by atoms with van der Waals surface area (Å²) in [7, 11) is 0. The van der Waals surface area contributed by atoms with E-state index in [9.17, 15) is 22.8 Å². The fraction of sp³-hybridized carbons (Fsp3) is 0.750. The van der Waals surface area contributed by atoms with Crippen molar-refractivity contribution in [2.45, 2.75) is 25.3 Å². The molecule has 0 aromatic carbocycles. The maximum absolute atomic E-state index is 11.7. The van der Waals surface area contributed by atoms with E-state index in [1.54, 1.807) is 0 Å². The van der Waals surface area contributed by atoms with Crippen LogP contribution in [0.1, 0.15) is 12.8 Å². The number of amides is 1. The molecule has 0 heterocycles. The molecule has 0 radical (unpaired) electrons. The summed E-state index contributed by atoms with van der Waals surface area (Å²) in [5, 5.41) is 2.17. The van der Waals surface area contributed by atoms with E-state index in [-0.39, 0.29) is 25.2 Å². The third kappa shape index (κ3) is 3.86. The van der Waals surface area contributed by atoms with Crippen LogP contribution in [0.15, 0.2) is 0 Å². The number of ether oxygens (including phenoxy) is 1. The van der Waals surface area contributed by atoms with E-state index in [0.717, 1.165) is 0 Å². The molecule has 1 aliphatic rings. The van der Waals surface area contributed by atoms with Gasteiger partial charge in [-0.05, 0) is 12.8 Å². The van der Waals surface area contributed by atoms with Crippen molar-refractivity contribution in [1.82, 2.24) is 5.32 Å². The Labute approximate surface area is 83.8 Å². The van der Waals surface area contributed by atoms with Gasteiger partial charge in [-0.2, -0.15) is 0 Å². The Balaban J connectivity index is 2.19. The van der Waals surface area contributed by atoms with E-state index in [4.69, 9.17) is 0 Å². The molecule has 1 N–H and O–H groups in total. The third-order valence-corrected chi connectivity index (χ3v) is 2.21. The van der Waals surface area contributed by atoms with E-state index < -0.39 is 18.4 Å². The van der Waals surface area contributed by atoms with E-state index in [1.165, 1.54) is 0 Å². The van der Waals surface area contributed by atoms with E-state index in [2.05, 4.69) is 10.1 Å². The van der Waals surface area contributed by atoms with Crippen molar-refractivity contribution >= 4 is 12.2 Å². The highest BCUT2D eigenvalue weighted by Gasteiger charge is 2.42. The Morgan fingerprint density at radius 3 is 2.53 bits per heavy atom. The van der Waals surface area contributed by atoms with Crippen LogP contribution in [0.5, 0.6) is 0 Å². The molecule has 0 spiro atoms. The van der Waals surface area contributed by atoms with Crippen LogP contribution < -0.4 is 5.32 Å². The molecule has 1 saturated carbocycles. The predicted octanol–water partition coefficient (Wildman–Crippen LogP) is 0.616. The number of rotatable bonds is 5. The first-order chi connectivity index (χ1) is 6.92. The monoisotopic (exact) mass is 225 g/mol. The van der Waals surface area contributed by atoms with Gasteiger partial charge in [0.15, 0.2) is 5.78 Å². The molecule has 1 fully saturated rings. The molecule has 4 nitrogen and oxygen atoms in total. The minimum Gasteiger partial charge on any atom is -0.352 e. The molecule has 0 aliphatic heterocycles. The second-order valence-electron chi connectivity index (χ2n) is 3.32. The molecule has 86 valence electrons. The first-order valence-corrected chi connectivity index (χ1v) is 4.36. The van der Waals surface area contributed by atoms with Gasteiger partial charge in [0, 0.05) is 5.92 Å². The zero-order chi connectivity index (χ0) is 11.5. The Kier molecular flexibility index (Phi) is 3.67. The van der Waals surface area contributed by atoms with Crippen molar-refractivity contribution in [2.24, 2.45) is 5.92 Å². The molecule has 0 aromatic rings. The number of hydrogen-bond acceptors (Lipinski definition) is 3. The molecule has 1 amide bonds. The molecule has 0 bridgehead atoms. The van der Waals surface area contributed by atoms with Crippen molar-refractivity contribution in [3.05, 3.63) is 0 Å². The summed E-state index contributed by atoms with van der Waals surface area (Å²) in [6.07, 6.45) is -5.05. The summed E-state index contributed by atoms with van der Waals surface area (Å²) in [5.74, 6) is -0.686. The molecule has 0 aromatic heterocycles. The number of halogens is 3. The summed E-state index contributed by atoms with van der Waals surface area (Å²) < 4.78 is 38.8. The van der Waals surface area contributed by atoms with Crippen LogP contribution in [0.2, 0.25) is 0 Å². The zero-order valence-corrected chi connectivity index (χ0v) is 7.71. The summed E-state index contributed by atoms with van der Waals surface area (Å²) in [4.78, 5) is 21.0. The van der Waals surface area contributed by atoms with Gasteiger partial charge in [-0.15, -0.1) is 13.2 Å². The van der Waals surface area contributed by atoms with E-state index in [1.807, 2.05) is 0 Å². The fourth-order valence-corrected chi connectivity index (χ4v) is 1.40.